The number of rotatable bonds is 6. The number of fused-ring (bicyclic) bond motifs is 1. The Morgan fingerprint density at radius 3 is 2.50 bits per heavy atom. The van der Waals surface area contributed by atoms with E-state index in [1.807, 2.05) is 0 Å². The number of carbonyl (C=O) groups excluding carboxylic acids is 2. The minimum absolute atomic E-state index is 0.0235. The molecule has 1 aliphatic rings. The van der Waals surface area contributed by atoms with Gasteiger partial charge in [-0.05, 0) is 55.3 Å². The molecule has 0 fully saturated rings. The van der Waals surface area contributed by atoms with Crippen molar-refractivity contribution in [3.63, 3.8) is 0 Å². The van der Waals surface area contributed by atoms with Crippen LogP contribution in [0.2, 0.25) is 5.02 Å². The zero-order valence-electron chi connectivity index (χ0n) is 20.3. The van der Waals surface area contributed by atoms with E-state index in [0.717, 1.165) is 21.4 Å². The first-order valence-electron chi connectivity index (χ1n) is 11.3. The highest BCUT2D eigenvalue weighted by molar-refractivity contribution is 6.30. The number of nitrogens with one attached hydrogen (secondary N) is 1. The van der Waals surface area contributed by atoms with Crippen LogP contribution in [0.5, 0.6) is 0 Å². The lowest BCUT2D eigenvalue weighted by atomic mass is 10.0. The van der Waals surface area contributed by atoms with E-state index in [4.69, 9.17) is 16.3 Å². The number of ether oxygens (including phenoxy) is 1. The summed E-state index contributed by atoms with van der Waals surface area (Å²) in [7, 11) is 2.96. The first-order valence-corrected chi connectivity index (χ1v) is 11.7. The third kappa shape index (κ3) is 4.76. The molecule has 0 saturated heterocycles. The number of nitrogens with zero attached hydrogens (tertiary/aromatic N) is 4. The largest absolute Gasteiger partial charge is 0.469 e. The number of likely N-dealkylation sites (N-methyl/N-ethyl adjacent to an activating group) is 1. The Hall–Kier alpha value is -3.92. The van der Waals surface area contributed by atoms with Crippen LogP contribution >= 0.6 is 11.6 Å². The van der Waals surface area contributed by atoms with Crippen LogP contribution in [0.1, 0.15) is 31.0 Å². The number of aromatic nitrogens is 3. The summed E-state index contributed by atoms with van der Waals surface area (Å²) in [6.45, 7) is 3.29. The van der Waals surface area contributed by atoms with Gasteiger partial charge >= 0.3 is 17.3 Å². The van der Waals surface area contributed by atoms with Crippen molar-refractivity contribution < 1.29 is 14.3 Å². The Labute approximate surface area is 211 Å². The van der Waals surface area contributed by atoms with Crippen molar-refractivity contribution in [3.05, 3.63) is 85.2 Å². The average molecular weight is 512 g/mol. The maximum Gasteiger partial charge on any atom is 0.335 e. The number of benzene rings is 2. The van der Waals surface area contributed by atoms with E-state index in [2.05, 4.69) is 9.98 Å². The molecular formula is C25H26ClN5O5. The smallest absolute Gasteiger partial charge is 0.335 e. The third-order valence-electron chi connectivity index (χ3n) is 6.46. The first kappa shape index (κ1) is 25.2. The van der Waals surface area contributed by atoms with Crippen LogP contribution in [0, 0.1) is 5.92 Å². The molecule has 1 N–H and O–H groups in total. The fraction of sp³-hybridized carbons (Fsp3) is 0.320. The quantitative estimate of drug-likeness (QED) is 0.509. The van der Waals surface area contributed by atoms with E-state index in [1.54, 1.807) is 68.3 Å². The van der Waals surface area contributed by atoms with Crippen LogP contribution in [0.25, 0.3) is 0 Å². The molecule has 3 aromatic rings. The van der Waals surface area contributed by atoms with Gasteiger partial charge in [0, 0.05) is 17.8 Å². The molecule has 0 radical (unpaired) electrons. The first-order chi connectivity index (χ1) is 17.1. The summed E-state index contributed by atoms with van der Waals surface area (Å²) in [5.41, 5.74) is 1.53. The fourth-order valence-electron chi connectivity index (χ4n) is 4.15. The minimum atomic E-state index is -0.777. The van der Waals surface area contributed by atoms with Crippen LogP contribution in [-0.2, 0) is 27.3 Å². The Kier molecular flexibility index (Phi) is 6.98. The zero-order valence-corrected chi connectivity index (χ0v) is 21.1. The normalized spacial score (nSPS) is 15.1. The van der Waals surface area contributed by atoms with Crippen LogP contribution in [-0.4, -0.2) is 40.2 Å². The van der Waals surface area contributed by atoms with Gasteiger partial charge in [-0.2, -0.15) is 0 Å². The summed E-state index contributed by atoms with van der Waals surface area (Å²) < 4.78 is 7.12. The van der Waals surface area contributed by atoms with Gasteiger partial charge in [-0.25, -0.2) is 19.1 Å². The highest BCUT2D eigenvalue weighted by Gasteiger charge is 2.27. The number of anilines is 1. The molecule has 0 spiro atoms. The van der Waals surface area contributed by atoms with Crippen molar-refractivity contribution in [3.8, 4) is 0 Å². The molecule has 2 aromatic carbocycles. The predicted octanol–water partition coefficient (Wildman–Crippen LogP) is 2.16. The van der Waals surface area contributed by atoms with E-state index >= 15 is 0 Å². The summed E-state index contributed by atoms with van der Waals surface area (Å²) in [5.74, 6) is -1.30. The van der Waals surface area contributed by atoms with Gasteiger partial charge in [-0.1, -0.05) is 23.7 Å². The lowest BCUT2D eigenvalue weighted by Crippen LogP contribution is -2.52. The molecule has 0 saturated carbocycles. The maximum absolute atomic E-state index is 13.6. The average Bonchev–Trinajstić information content (AvgIpc) is 3.14. The van der Waals surface area contributed by atoms with E-state index in [-0.39, 0.29) is 24.5 Å². The Morgan fingerprint density at radius 1 is 1.14 bits per heavy atom. The van der Waals surface area contributed by atoms with Crippen LogP contribution in [0.3, 0.4) is 0 Å². The van der Waals surface area contributed by atoms with Crippen LogP contribution in [0.15, 0.2) is 57.0 Å². The molecule has 10 nitrogen and oxygen atoms in total. The maximum atomic E-state index is 13.6. The lowest BCUT2D eigenvalue weighted by Gasteiger charge is -2.20. The number of H-pyrrole nitrogens is 1. The molecule has 0 bridgehead atoms. The number of esters is 1. The number of carbonyl (C=O) groups is 2. The fourth-order valence-corrected chi connectivity index (χ4v) is 4.27. The molecule has 36 heavy (non-hydrogen) atoms. The van der Waals surface area contributed by atoms with Gasteiger partial charge in [0.1, 0.15) is 0 Å². The summed E-state index contributed by atoms with van der Waals surface area (Å²) >= 11 is 6.01. The second kappa shape index (κ2) is 9.98. The summed E-state index contributed by atoms with van der Waals surface area (Å²) in [5, 5.41) is 0.547. The summed E-state index contributed by atoms with van der Waals surface area (Å²) in [4.78, 5) is 59.6. The molecule has 188 valence electrons. The molecule has 2 heterocycles. The molecule has 2 atom stereocenters. The predicted molar refractivity (Wildman–Crippen MR) is 135 cm³/mol. The van der Waals surface area contributed by atoms with Crippen molar-refractivity contribution in [1.82, 2.24) is 14.1 Å². The number of hydrogen-bond acceptors (Lipinski definition) is 6. The Bertz CT molecular complexity index is 1520. The standard InChI is InChI=1S/C25H26ClN5O5/c1-14(22(33)36-4)15(2)31-24(34)28-23(30(25(31)35)13-16-5-7-18(26)8-6-16)27-19-9-10-20-17(11-19)12-21(32)29(20)3/h5-11,14-15H,12-13H2,1-4H3,(H,27,28,34)/t14-,15+/m1/s1. The minimum Gasteiger partial charge on any atom is -0.469 e. The Morgan fingerprint density at radius 2 is 1.83 bits per heavy atom. The SMILES string of the molecule is COC(=O)[C@H](C)[C@H](C)n1c(=O)[nH]/c(=N\c2ccc3c(c2)CC(=O)N3C)n(Cc2ccc(Cl)cc2)c1=O. The zero-order chi connectivity index (χ0) is 26.1. The van der Waals surface area contributed by atoms with Gasteiger partial charge < -0.3 is 9.64 Å². The summed E-state index contributed by atoms with van der Waals surface area (Å²) in [6.07, 6.45) is 0.251. The van der Waals surface area contributed by atoms with E-state index in [9.17, 15) is 19.2 Å². The monoisotopic (exact) mass is 511 g/mol. The van der Waals surface area contributed by atoms with Gasteiger partial charge in [-0.3, -0.25) is 19.1 Å². The van der Waals surface area contributed by atoms with Crippen molar-refractivity contribution in [2.75, 3.05) is 19.1 Å². The highest BCUT2D eigenvalue weighted by Crippen LogP contribution is 2.30. The van der Waals surface area contributed by atoms with E-state index in [0.29, 0.717) is 10.7 Å². The molecule has 0 aliphatic carbocycles. The van der Waals surface area contributed by atoms with Gasteiger partial charge in [-0.15, -0.1) is 0 Å². The molecule has 1 aliphatic heterocycles. The molecule has 4 rings (SSSR count). The van der Waals surface area contributed by atoms with Crippen molar-refractivity contribution in [1.29, 1.82) is 0 Å². The highest BCUT2D eigenvalue weighted by atomic mass is 35.5. The van der Waals surface area contributed by atoms with Crippen molar-refractivity contribution >= 4 is 34.9 Å². The Balaban J connectivity index is 1.88. The molecule has 0 unspecified atom stereocenters. The second-order valence-electron chi connectivity index (χ2n) is 8.73. The topological polar surface area (TPSA) is 119 Å². The number of amides is 1. The third-order valence-corrected chi connectivity index (χ3v) is 6.72. The number of hydrogen-bond donors (Lipinski definition) is 1. The number of methoxy groups -OCH3 is 1. The molecular weight excluding hydrogens is 486 g/mol. The van der Waals surface area contributed by atoms with Crippen LogP contribution in [0.4, 0.5) is 11.4 Å². The van der Waals surface area contributed by atoms with Gasteiger partial charge in [0.2, 0.25) is 11.5 Å². The van der Waals surface area contributed by atoms with Gasteiger partial charge in [0.15, 0.2) is 0 Å². The lowest BCUT2D eigenvalue weighted by molar-refractivity contribution is -0.146. The number of halogens is 1. The van der Waals surface area contributed by atoms with E-state index < -0.39 is 29.3 Å². The number of aromatic amines is 1. The molecule has 11 heteroatoms. The second-order valence-corrected chi connectivity index (χ2v) is 9.16. The summed E-state index contributed by atoms with van der Waals surface area (Å²) in [6, 6.07) is 11.4. The van der Waals surface area contributed by atoms with Crippen molar-refractivity contribution in [2.45, 2.75) is 32.9 Å². The van der Waals surface area contributed by atoms with E-state index in [1.165, 1.54) is 11.7 Å². The van der Waals surface area contributed by atoms with Crippen molar-refractivity contribution in [2.24, 2.45) is 10.9 Å². The van der Waals surface area contributed by atoms with Gasteiger partial charge in [0.05, 0.1) is 37.7 Å². The molecule has 1 amide bonds. The van der Waals surface area contributed by atoms with Crippen LogP contribution < -0.4 is 21.9 Å². The molecule has 1 aromatic heterocycles. The van der Waals surface area contributed by atoms with Gasteiger partial charge in [0.25, 0.3) is 0 Å².